The molecule has 2 heterocycles. The molecule has 0 aliphatic carbocycles. The molecule has 1 unspecified atom stereocenters. The first-order valence-electron chi connectivity index (χ1n) is 17.3. The number of anilines is 3. The Balaban J connectivity index is 1.86. The molecule has 2 aromatic carbocycles. The van der Waals surface area contributed by atoms with E-state index in [0.29, 0.717) is 18.6 Å². The molecule has 1 aliphatic rings. The van der Waals surface area contributed by atoms with Crippen molar-refractivity contribution in [1.29, 1.82) is 0 Å². The Bertz CT molecular complexity index is 1870. The molecule has 18 heteroatoms. The second-order valence-electron chi connectivity index (χ2n) is 13.8. The first kappa shape index (κ1) is 42.7. The van der Waals surface area contributed by atoms with E-state index in [9.17, 15) is 49.1 Å². The van der Waals surface area contributed by atoms with E-state index in [-0.39, 0.29) is 59.9 Å². The van der Waals surface area contributed by atoms with Crippen molar-refractivity contribution in [1.82, 2.24) is 9.97 Å². The van der Waals surface area contributed by atoms with Crippen LogP contribution in [0, 0.1) is 0 Å². The van der Waals surface area contributed by atoms with E-state index >= 15 is 0 Å². The van der Waals surface area contributed by atoms with Gasteiger partial charge in [-0.2, -0.15) is 39.5 Å². The highest BCUT2D eigenvalue weighted by Crippen LogP contribution is 2.43. The second kappa shape index (κ2) is 16.4. The lowest BCUT2D eigenvalue weighted by Crippen LogP contribution is -2.46. The van der Waals surface area contributed by atoms with Gasteiger partial charge in [-0.15, -0.1) is 0 Å². The summed E-state index contributed by atoms with van der Waals surface area (Å²) in [7, 11) is 0. The van der Waals surface area contributed by atoms with Crippen molar-refractivity contribution in [2.75, 3.05) is 22.1 Å². The molecular weight excluding hydrogens is 749 g/mol. The van der Waals surface area contributed by atoms with Crippen LogP contribution in [0.25, 0.3) is 0 Å². The number of amides is 1. The number of halogens is 9. The van der Waals surface area contributed by atoms with Gasteiger partial charge in [0.2, 0.25) is 11.7 Å². The van der Waals surface area contributed by atoms with Gasteiger partial charge in [-0.3, -0.25) is 4.90 Å². The summed E-state index contributed by atoms with van der Waals surface area (Å²) in [6.07, 6.45) is -14.6. The molecule has 3 atom stereocenters. The van der Waals surface area contributed by atoms with Gasteiger partial charge in [-0.1, -0.05) is 13.8 Å². The summed E-state index contributed by atoms with van der Waals surface area (Å²) in [5.41, 5.74) is -5.32. The fourth-order valence-corrected chi connectivity index (χ4v) is 6.10. The van der Waals surface area contributed by atoms with Crippen LogP contribution in [-0.4, -0.2) is 46.3 Å². The summed E-state index contributed by atoms with van der Waals surface area (Å²) >= 11 is 0. The quantitative estimate of drug-likeness (QED) is 0.112. The Morgan fingerprint density at radius 1 is 0.927 bits per heavy atom. The average molecular weight is 790 g/mol. The van der Waals surface area contributed by atoms with Crippen LogP contribution in [0.3, 0.4) is 0 Å². The largest absolute Gasteiger partial charge is 0.479 e. The van der Waals surface area contributed by atoms with Gasteiger partial charge in [0.1, 0.15) is 5.60 Å². The van der Waals surface area contributed by atoms with E-state index in [2.05, 4.69) is 20.6 Å². The summed E-state index contributed by atoms with van der Waals surface area (Å²) in [4.78, 5) is 35.0. The van der Waals surface area contributed by atoms with Crippen molar-refractivity contribution in [3.05, 3.63) is 81.9 Å². The Kier molecular flexibility index (Phi) is 12.7. The van der Waals surface area contributed by atoms with Crippen LogP contribution >= 0.6 is 0 Å². The zero-order valence-corrected chi connectivity index (χ0v) is 30.7. The molecule has 300 valence electrons. The summed E-state index contributed by atoms with van der Waals surface area (Å²) in [6, 6.07) is 1.52. The first-order valence-corrected chi connectivity index (χ1v) is 17.3. The third kappa shape index (κ3) is 10.6. The normalized spacial score (nSPS) is 16.8. The Labute approximate surface area is 311 Å². The van der Waals surface area contributed by atoms with Crippen LogP contribution in [0.2, 0.25) is 0 Å². The minimum Gasteiger partial charge on any atom is -0.479 e. The number of benzene rings is 2. The Morgan fingerprint density at radius 2 is 1.55 bits per heavy atom. The fraction of sp³-hybridized carbons (Fsp3) is 0.486. The zero-order valence-electron chi connectivity index (χ0n) is 30.7. The van der Waals surface area contributed by atoms with Gasteiger partial charge < -0.3 is 20.1 Å². The van der Waals surface area contributed by atoms with Crippen LogP contribution in [0.15, 0.2) is 48.4 Å². The van der Waals surface area contributed by atoms with Crippen LogP contribution in [0.4, 0.5) is 61.6 Å². The molecule has 0 saturated heterocycles. The number of nitrogens with one attached hydrogen (secondary N) is 2. The third-order valence-electron chi connectivity index (χ3n) is 8.56. The summed E-state index contributed by atoms with van der Waals surface area (Å²) in [5, 5.41) is 5.97. The molecule has 1 aromatic heterocycles. The molecule has 1 amide bonds. The van der Waals surface area contributed by atoms with Crippen molar-refractivity contribution in [2.24, 2.45) is 0 Å². The van der Waals surface area contributed by atoms with Crippen molar-refractivity contribution in [3.8, 4) is 0 Å². The van der Waals surface area contributed by atoms with Crippen molar-refractivity contribution in [2.45, 2.75) is 109 Å². The lowest BCUT2D eigenvalue weighted by molar-refractivity contribution is -0.143. The summed E-state index contributed by atoms with van der Waals surface area (Å²) in [6.45, 7) is 10.0. The second-order valence-corrected chi connectivity index (χ2v) is 13.8. The van der Waals surface area contributed by atoms with Crippen LogP contribution in [0.1, 0.15) is 100 Å². The smallest absolute Gasteiger partial charge is 0.416 e. The number of hydrogen-bond donors (Lipinski definition) is 2. The number of aromatic nitrogens is 2. The number of rotatable bonds is 11. The van der Waals surface area contributed by atoms with E-state index in [4.69, 9.17) is 9.47 Å². The maximum absolute atomic E-state index is 13.9. The van der Waals surface area contributed by atoms with Crippen molar-refractivity contribution < 1.29 is 58.6 Å². The van der Waals surface area contributed by atoms with E-state index < -0.39 is 77.0 Å². The molecule has 9 nitrogen and oxygen atoms in total. The molecule has 0 saturated carbocycles. The average Bonchev–Trinajstić information content (AvgIpc) is 3.08. The van der Waals surface area contributed by atoms with Gasteiger partial charge in [0.05, 0.1) is 58.6 Å². The van der Waals surface area contributed by atoms with E-state index in [1.807, 2.05) is 0 Å². The molecule has 1 aliphatic heterocycles. The standard InChI is InChI=1S/C37H40F9N5O4/c1-7-24-17-27(25-16-21(35(38,39)40)10-11-30(25)51(24)33(53)54-9-3)49-32-47-18-29(48-26(8-2)31(19-52)55-34(4,5)6)28(50-32)14-20-12-22(36(41,42)43)15-23(13-20)37(44,45)46/h10-13,15-16,18,24,26-27,48H,7-9,14,17H2,1-6H3,(H,47,49,50)/t24-,26?,27+/m1/s1. The minimum atomic E-state index is -5.13. The monoisotopic (exact) mass is 789 g/mol. The first-order chi connectivity index (χ1) is 25.5. The lowest BCUT2D eigenvalue weighted by atomic mass is 9.89. The SMILES string of the molecule is CCOC(=O)N1c2ccc(C(F)(F)F)cc2[C@@H](Nc2ncc(NC(CC)C(=C=O)OC(C)(C)C)c(Cc3cc(C(F)(F)F)cc(C(F)(F)F)c3)n2)C[C@H]1CC. The molecule has 0 radical (unpaired) electrons. The molecule has 0 spiro atoms. The van der Waals surface area contributed by atoms with Crippen molar-refractivity contribution in [3.63, 3.8) is 0 Å². The maximum atomic E-state index is 13.9. The Hall–Kier alpha value is -4.99. The van der Waals surface area contributed by atoms with Crippen molar-refractivity contribution >= 4 is 29.4 Å². The molecular formula is C37H40F9N5O4. The van der Waals surface area contributed by atoms with E-state index in [1.54, 1.807) is 47.5 Å². The molecule has 0 bridgehead atoms. The van der Waals surface area contributed by atoms with Gasteiger partial charge in [0, 0.05) is 12.5 Å². The third-order valence-corrected chi connectivity index (χ3v) is 8.56. The highest BCUT2D eigenvalue weighted by atomic mass is 19.4. The van der Waals surface area contributed by atoms with Gasteiger partial charge >= 0.3 is 24.6 Å². The lowest BCUT2D eigenvalue weighted by Gasteiger charge is -2.40. The number of alkyl halides is 9. The van der Waals surface area contributed by atoms with Crippen LogP contribution in [-0.2, 0) is 39.2 Å². The highest BCUT2D eigenvalue weighted by molar-refractivity contribution is 5.90. The number of nitrogens with zero attached hydrogens (tertiary/aromatic N) is 3. The van der Waals surface area contributed by atoms with Gasteiger partial charge in [0.25, 0.3) is 0 Å². The molecule has 0 fully saturated rings. The van der Waals surface area contributed by atoms with Crippen LogP contribution in [0.5, 0.6) is 0 Å². The number of carbonyl (C=O) groups is 1. The van der Waals surface area contributed by atoms with Gasteiger partial charge in [0.15, 0.2) is 5.94 Å². The maximum Gasteiger partial charge on any atom is 0.416 e. The summed E-state index contributed by atoms with van der Waals surface area (Å²) in [5.74, 6) is 1.32. The molecule has 4 rings (SSSR count). The van der Waals surface area contributed by atoms with Gasteiger partial charge in [-0.25, -0.2) is 19.6 Å². The molecule has 2 N–H and O–H groups in total. The number of fused-ring (bicyclic) bond motifs is 1. The summed E-state index contributed by atoms with van der Waals surface area (Å²) < 4.78 is 135. The zero-order chi connectivity index (χ0) is 41.1. The fourth-order valence-electron chi connectivity index (χ4n) is 6.10. The predicted octanol–water partition coefficient (Wildman–Crippen LogP) is 10.1. The Morgan fingerprint density at radius 3 is 2.05 bits per heavy atom. The molecule has 55 heavy (non-hydrogen) atoms. The topological polar surface area (TPSA) is 106 Å². The number of ether oxygens (including phenoxy) is 2. The predicted molar refractivity (Wildman–Crippen MR) is 185 cm³/mol. The minimum absolute atomic E-state index is 0.00209. The highest BCUT2D eigenvalue weighted by Gasteiger charge is 2.40. The van der Waals surface area contributed by atoms with E-state index in [1.165, 1.54) is 11.1 Å². The van der Waals surface area contributed by atoms with Gasteiger partial charge in [-0.05, 0) is 94.5 Å². The number of carbonyl (C=O) groups excluding carboxylic acids is 2. The van der Waals surface area contributed by atoms with Crippen LogP contribution < -0.4 is 15.5 Å². The molecule has 3 aromatic rings. The van der Waals surface area contributed by atoms with E-state index in [0.717, 1.165) is 18.2 Å². The number of hydrogen-bond acceptors (Lipinski definition) is 8.